The van der Waals surface area contributed by atoms with Crippen molar-refractivity contribution in [1.82, 2.24) is 0 Å². The van der Waals surface area contributed by atoms with E-state index in [1.165, 1.54) is 6.08 Å². The van der Waals surface area contributed by atoms with E-state index in [1.807, 2.05) is 0 Å². The molecule has 0 heterocycles. The summed E-state index contributed by atoms with van der Waals surface area (Å²) >= 11 is 10.8. The maximum atomic E-state index is 10.7. The number of carbonyl (C=O) groups excluding carboxylic acids is 1. The van der Waals surface area contributed by atoms with E-state index in [4.69, 9.17) is 23.2 Å². The third-order valence-electron chi connectivity index (χ3n) is 0.876. The van der Waals surface area contributed by atoms with Gasteiger partial charge in [0.2, 0.25) is 0 Å². The average molecular weight is 210 g/mol. The summed E-state index contributed by atoms with van der Waals surface area (Å²) in [5, 5.41) is 3.43. The number of hydrogen-bond acceptors (Lipinski definition) is 3. The molecule has 0 amide bonds. The van der Waals surface area contributed by atoms with Crippen LogP contribution in [0.25, 0.3) is 0 Å². The predicted molar refractivity (Wildman–Crippen MR) is 49.8 cm³/mol. The zero-order valence-corrected chi connectivity index (χ0v) is 8.10. The van der Waals surface area contributed by atoms with Crippen molar-refractivity contribution in [3.8, 4) is 0 Å². The van der Waals surface area contributed by atoms with Crippen LogP contribution in [-0.4, -0.2) is 23.4 Å². The third kappa shape index (κ3) is 5.16. The molecule has 0 bridgehead atoms. The monoisotopic (exact) mass is 209 g/mol. The maximum absolute atomic E-state index is 10.7. The lowest BCUT2D eigenvalue weighted by atomic mass is 10.5. The standard InChI is InChI=1S/C7H9Cl2NO2/c1-2-3-7(11)12-10-6(4-8)5-9/h2-3H,4-5H2,1H3/b3-2-. The second-order valence-corrected chi connectivity index (χ2v) is 2.37. The van der Waals surface area contributed by atoms with Crippen LogP contribution in [0.4, 0.5) is 0 Å². The average Bonchev–Trinajstić information content (AvgIpc) is 2.07. The summed E-state index contributed by atoms with van der Waals surface area (Å²) in [5.74, 6) is -0.218. The number of halogens is 2. The molecule has 12 heavy (non-hydrogen) atoms. The Morgan fingerprint density at radius 1 is 1.50 bits per heavy atom. The molecule has 0 unspecified atom stereocenters. The number of carbonyl (C=O) groups is 1. The highest BCUT2D eigenvalue weighted by Crippen LogP contribution is 1.91. The Kier molecular flexibility index (Phi) is 6.81. The molecule has 3 nitrogen and oxygen atoms in total. The first-order valence-corrected chi connectivity index (χ1v) is 4.32. The van der Waals surface area contributed by atoms with Crippen LogP contribution in [0.1, 0.15) is 6.92 Å². The van der Waals surface area contributed by atoms with Gasteiger partial charge in [-0.2, -0.15) is 0 Å². The summed E-state index contributed by atoms with van der Waals surface area (Å²) in [6, 6.07) is 0. The van der Waals surface area contributed by atoms with Crippen LogP contribution in [0.15, 0.2) is 17.3 Å². The van der Waals surface area contributed by atoms with Crippen LogP contribution in [0, 0.1) is 0 Å². The van der Waals surface area contributed by atoms with E-state index in [1.54, 1.807) is 13.0 Å². The maximum Gasteiger partial charge on any atom is 0.358 e. The molecule has 0 rings (SSSR count). The first kappa shape index (κ1) is 11.5. The number of hydrogen-bond donors (Lipinski definition) is 0. The highest BCUT2D eigenvalue weighted by atomic mass is 35.5. The van der Waals surface area contributed by atoms with Gasteiger partial charge in [-0.05, 0) is 6.92 Å². The van der Waals surface area contributed by atoms with Crippen LogP contribution in [0.3, 0.4) is 0 Å². The normalized spacial score (nSPS) is 9.92. The predicted octanol–water partition coefficient (Wildman–Crippen LogP) is 1.94. The van der Waals surface area contributed by atoms with Crippen molar-refractivity contribution in [1.29, 1.82) is 0 Å². The molecule has 0 aromatic heterocycles. The van der Waals surface area contributed by atoms with Crippen LogP contribution >= 0.6 is 23.2 Å². The van der Waals surface area contributed by atoms with Gasteiger partial charge in [-0.3, -0.25) is 0 Å². The fourth-order valence-corrected chi connectivity index (χ4v) is 0.744. The molecular formula is C7H9Cl2NO2. The van der Waals surface area contributed by atoms with Gasteiger partial charge in [0.1, 0.15) is 0 Å². The van der Waals surface area contributed by atoms with E-state index in [0.717, 1.165) is 0 Å². The molecule has 0 saturated carbocycles. The summed E-state index contributed by atoms with van der Waals surface area (Å²) in [6.07, 6.45) is 2.81. The lowest BCUT2D eigenvalue weighted by Crippen LogP contribution is -2.05. The summed E-state index contributed by atoms with van der Waals surface area (Å²) in [7, 11) is 0. The summed E-state index contributed by atoms with van der Waals surface area (Å²) in [6.45, 7) is 1.70. The Balaban J connectivity index is 3.92. The van der Waals surface area contributed by atoms with Crippen molar-refractivity contribution in [2.24, 2.45) is 5.16 Å². The van der Waals surface area contributed by atoms with E-state index in [-0.39, 0.29) is 11.8 Å². The first-order valence-electron chi connectivity index (χ1n) is 3.26. The second-order valence-electron chi connectivity index (χ2n) is 1.84. The number of oxime groups is 1. The molecular weight excluding hydrogens is 201 g/mol. The Bertz CT molecular complexity index is 196. The summed E-state index contributed by atoms with van der Waals surface area (Å²) in [4.78, 5) is 15.1. The van der Waals surface area contributed by atoms with E-state index >= 15 is 0 Å². The molecule has 0 N–H and O–H groups in total. The minimum atomic E-state index is -0.537. The first-order chi connectivity index (χ1) is 5.74. The molecule has 0 saturated heterocycles. The Morgan fingerprint density at radius 2 is 2.08 bits per heavy atom. The molecule has 0 aliphatic heterocycles. The summed E-state index contributed by atoms with van der Waals surface area (Å²) in [5.41, 5.74) is 0.427. The van der Waals surface area contributed by atoms with Crippen molar-refractivity contribution in [2.45, 2.75) is 6.92 Å². The van der Waals surface area contributed by atoms with Crippen molar-refractivity contribution in [2.75, 3.05) is 11.8 Å². The van der Waals surface area contributed by atoms with Gasteiger partial charge in [0.15, 0.2) is 0 Å². The Labute approximate surface area is 81.0 Å². The van der Waals surface area contributed by atoms with Crippen molar-refractivity contribution in [3.05, 3.63) is 12.2 Å². The highest BCUT2D eigenvalue weighted by Gasteiger charge is 1.98. The lowest BCUT2D eigenvalue weighted by Gasteiger charge is -1.94. The molecule has 0 radical (unpaired) electrons. The van der Waals surface area contributed by atoms with Crippen LogP contribution < -0.4 is 0 Å². The Hall–Kier alpha value is -0.540. The topological polar surface area (TPSA) is 38.7 Å². The fraction of sp³-hybridized carbons (Fsp3) is 0.429. The smallest absolute Gasteiger partial charge is 0.313 e. The third-order valence-corrected chi connectivity index (χ3v) is 1.49. The van der Waals surface area contributed by atoms with Crippen LogP contribution in [0.2, 0.25) is 0 Å². The zero-order valence-electron chi connectivity index (χ0n) is 6.59. The summed E-state index contributed by atoms with van der Waals surface area (Å²) < 4.78 is 0. The highest BCUT2D eigenvalue weighted by molar-refractivity contribution is 6.36. The van der Waals surface area contributed by atoms with Gasteiger partial charge in [0.05, 0.1) is 17.5 Å². The van der Waals surface area contributed by atoms with Gasteiger partial charge in [-0.15, -0.1) is 23.2 Å². The molecule has 0 aromatic rings. The number of allylic oxidation sites excluding steroid dienone is 1. The van der Waals surface area contributed by atoms with Gasteiger partial charge < -0.3 is 4.84 Å². The minimum absolute atomic E-state index is 0.159. The number of rotatable bonds is 4. The largest absolute Gasteiger partial charge is 0.358 e. The quantitative estimate of drug-likeness (QED) is 0.234. The molecule has 0 spiro atoms. The fourth-order valence-electron chi connectivity index (χ4n) is 0.361. The molecule has 0 fully saturated rings. The van der Waals surface area contributed by atoms with E-state index in [0.29, 0.717) is 5.71 Å². The SMILES string of the molecule is C/C=C\C(=O)ON=C(CCl)CCl. The molecule has 0 aliphatic rings. The zero-order chi connectivity index (χ0) is 9.40. The molecule has 0 aromatic carbocycles. The molecule has 68 valence electrons. The van der Waals surface area contributed by atoms with E-state index < -0.39 is 5.97 Å². The molecule has 0 atom stereocenters. The van der Waals surface area contributed by atoms with E-state index in [2.05, 4.69) is 9.99 Å². The van der Waals surface area contributed by atoms with Gasteiger partial charge in [0, 0.05) is 6.08 Å². The van der Waals surface area contributed by atoms with E-state index in [9.17, 15) is 4.79 Å². The number of alkyl halides is 2. The van der Waals surface area contributed by atoms with Gasteiger partial charge in [0.25, 0.3) is 0 Å². The number of nitrogens with zero attached hydrogens (tertiary/aromatic N) is 1. The lowest BCUT2D eigenvalue weighted by molar-refractivity contribution is -0.137. The van der Waals surface area contributed by atoms with Crippen molar-refractivity contribution in [3.63, 3.8) is 0 Å². The minimum Gasteiger partial charge on any atom is -0.313 e. The second kappa shape index (κ2) is 7.13. The molecule has 5 heteroatoms. The van der Waals surface area contributed by atoms with Gasteiger partial charge >= 0.3 is 5.97 Å². The Morgan fingerprint density at radius 3 is 2.50 bits per heavy atom. The molecule has 0 aliphatic carbocycles. The van der Waals surface area contributed by atoms with Crippen molar-refractivity contribution < 1.29 is 9.63 Å². The van der Waals surface area contributed by atoms with Crippen LogP contribution in [-0.2, 0) is 9.63 Å². The van der Waals surface area contributed by atoms with Crippen molar-refractivity contribution >= 4 is 34.9 Å². The van der Waals surface area contributed by atoms with Crippen LogP contribution in [0.5, 0.6) is 0 Å². The van der Waals surface area contributed by atoms with Gasteiger partial charge in [-0.25, -0.2) is 4.79 Å². The van der Waals surface area contributed by atoms with Gasteiger partial charge in [-0.1, -0.05) is 11.2 Å².